The molecule has 1 aliphatic heterocycles. The van der Waals surface area contributed by atoms with E-state index in [2.05, 4.69) is 25.8 Å². The summed E-state index contributed by atoms with van der Waals surface area (Å²) in [4.78, 5) is 2.35. The zero-order valence-electron chi connectivity index (χ0n) is 8.00. The smallest absolute Gasteiger partial charge is 0.0740 e. The summed E-state index contributed by atoms with van der Waals surface area (Å²) in [6.07, 6.45) is 0.458. The molecule has 1 rings (SSSR count). The minimum atomic E-state index is 0.458. The van der Waals surface area contributed by atoms with E-state index in [1.54, 1.807) is 0 Å². The fourth-order valence-corrected chi connectivity index (χ4v) is 1.88. The first kappa shape index (κ1) is 9.01. The monoisotopic (exact) mass is 157 g/mol. The van der Waals surface area contributed by atoms with Gasteiger partial charge in [-0.2, -0.15) is 0 Å². The summed E-state index contributed by atoms with van der Waals surface area (Å²) in [6.45, 7) is 6.83. The molecule has 66 valence electrons. The van der Waals surface area contributed by atoms with Crippen molar-refractivity contribution < 1.29 is 4.74 Å². The Labute approximate surface area is 69.5 Å². The fraction of sp³-hybridized carbons (Fsp3) is 1.00. The molecular weight excluding hydrogens is 138 g/mol. The summed E-state index contributed by atoms with van der Waals surface area (Å²) in [7, 11) is 3.98. The highest BCUT2D eigenvalue weighted by Crippen LogP contribution is 2.24. The maximum Gasteiger partial charge on any atom is 0.0740 e. The van der Waals surface area contributed by atoms with Crippen molar-refractivity contribution in [1.82, 2.24) is 4.90 Å². The summed E-state index contributed by atoms with van der Waals surface area (Å²) in [6, 6.07) is 0. The highest BCUT2D eigenvalue weighted by Gasteiger charge is 2.32. The van der Waals surface area contributed by atoms with Gasteiger partial charge in [0, 0.05) is 26.1 Å². The minimum Gasteiger partial charge on any atom is -0.380 e. The van der Waals surface area contributed by atoms with Crippen molar-refractivity contribution in [2.24, 2.45) is 11.8 Å². The van der Waals surface area contributed by atoms with Crippen LogP contribution in [0.4, 0.5) is 0 Å². The maximum atomic E-state index is 5.41. The van der Waals surface area contributed by atoms with E-state index in [0.717, 1.165) is 18.4 Å². The van der Waals surface area contributed by atoms with Crippen LogP contribution in [0.25, 0.3) is 0 Å². The van der Waals surface area contributed by atoms with Gasteiger partial charge < -0.3 is 9.64 Å². The SMILES string of the molecule is CO[C@@H]1CN(C)C[C@H]1C(C)C. The molecular formula is C9H19NO. The molecule has 1 fully saturated rings. The van der Waals surface area contributed by atoms with Crippen LogP contribution in [0.5, 0.6) is 0 Å². The van der Waals surface area contributed by atoms with Crippen molar-refractivity contribution in [1.29, 1.82) is 0 Å². The van der Waals surface area contributed by atoms with Crippen LogP contribution in [0.15, 0.2) is 0 Å². The summed E-state index contributed by atoms with van der Waals surface area (Å²) in [5, 5.41) is 0. The molecule has 1 saturated heterocycles. The second-order valence-electron chi connectivity index (χ2n) is 3.90. The van der Waals surface area contributed by atoms with E-state index in [4.69, 9.17) is 4.74 Å². The molecule has 0 aliphatic carbocycles. The molecule has 0 aromatic rings. The van der Waals surface area contributed by atoms with Gasteiger partial charge in [-0.1, -0.05) is 13.8 Å². The van der Waals surface area contributed by atoms with Gasteiger partial charge in [0.25, 0.3) is 0 Å². The lowest BCUT2D eigenvalue weighted by atomic mass is 9.93. The van der Waals surface area contributed by atoms with Gasteiger partial charge in [-0.05, 0) is 13.0 Å². The Bertz CT molecular complexity index is 125. The van der Waals surface area contributed by atoms with Crippen LogP contribution in [0.2, 0.25) is 0 Å². The number of likely N-dealkylation sites (tertiary alicyclic amines) is 1. The van der Waals surface area contributed by atoms with E-state index >= 15 is 0 Å². The number of ether oxygens (including phenoxy) is 1. The lowest BCUT2D eigenvalue weighted by Crippen LogP contribution is -2.24. The predicted molar refractivity (Wildman–Crippen MR) is 46.6 cm³/mol. The Balaban J connectivity index is 2.50. The molecule has 0 N–H and O–H groups in total. The van der Waals surface area contributed by atoms with Crippen LogP contribution in [0.3, 0.4) is 0 Å². The molecule has 2 nitrogen and oxygen atoms in total. The van der Waals surface area contributed by atoms with Gasteiger partial charge in [0.05, 0.1) is 6.10 Å². The van der Waals surface area contributed by atoms with Crippen LogP contribution >= 0.6 is 0 Å². The van der Waals surface area contributed by atoms with E-state index in [-0.39, 0.29) is 0 Å². The van der Waals surface area contributed by atoms with Crippen LogP contribution in [0, 0.1) is 11.8 Å². The lowest BCUT2D eigenvalue weighted by molar-refractivity contribution is 0.0644. The largest absolute Gasteiger partial charge is 0.380 e. The minimum absolute atomic E-state index is 0.458. The lowest BCUT2D eigenvalue weighted by Gasteiger charge is -2.20. The first-order valence-electron chi connectivity index (χ1n) is 4.36. The van der Waals surface area contributed by atoms with Gasteiger partial charge in [0.15, 0.2) is 0 Å². The van der Waals surface area contributed by atoms with Crippen molar-refractivity contribution >= 4 is 0 Å². The zero-order chi connectivity index (χ0) is 8.43. The fourth-order valence-electron chi connectivity index (χ4n) is 1.88. The number of nitrogens with zero attached hydrogens (tertiary/aromatic N) is 1. The third-order valence-electron chi connectivity index (χ3n) is 2.65. The van der Waals surface area contributed by atoms with Crippen molar-refractivity contribution in [2.75, 3.05) is 27.2 Å². The zero-order valence-corrected chi connectivity index (χ0v) is 8.00. The molecule has 0 spiro atoms. The molecule has 11 heavy (non-hydrogen) atoms. The Kier molecular flexibility index (Phi) is 2.90. The Hall–Kier alpha value is -0.0800. The molecule has 1 aliphatic rings. The number of hydrogen-bond acceptors (Lipinski definition) is 2. The average Bonchev–Trinajstić information content (AvgIpc) is 2.30. The van der Waals surface area contributed by atoms with Gasteiger partial charge in [-0.3, -0.25) is 0 Å². The third kappa shape index (κ3) is 1.94. The summed E-state index contributed by atoms with van der Waals surface area (Å²) in [5.74, 6) is 1.47. The Morgan fingerprint density at radius 2 is 2.00 bits per heavy atom. The molecule has 2 atom stereocenters. The molecule has 2 heteroatoms. The molecule has 1 heterocycles. The van der Waals surface area contributed by atoms with Crippen molar-refractivity contribution in [3.05, 3.63) is 0 Å². The standard InChI is InChI=1S/C9H19NO/c1-7(2)8-5-10(3)6-9(8)11-4/h7-9H,5-6H2,1-4H3/t8-,9+/m0/s1. The van der Waals surface area contributed by atoms with Crippen LogP contribution in [0.1, 0.15) is 13.8 Å². The molecule has 0 aromatic carbocycles. The molecule has 0 amide bonds. The Morgan fingerprint density at radius 3 is 2.36 bits per heavy atom. The quantitative estimate of drug-likeness (QED) is 0.597. The van der Waals surface area contributed by atoms with E-state index in [1.807, 2.05) is 7.11 Å². The van der Waals surface area contributed by atoms with E-state index in [9.17, 15) is 0 Å². The topological polar surface area (TPSA) is 12.5 Å². The normalized spacial score (nSPS) is 33.5. The van der Waals surface area contributed by atoms with Gasteiger partial charge in [0.1, 0.15) is 0 Å². The van der Waals surface area contributed by atoms with Crippen LogP contribution in [-0.4, -0.2) is 38.3 Å². The predicted octanol–water partition coefficient (Wildman–Crippen LogP) is 1.22. The molecule has 0 radical (unpaired) electrons. The maximum absolute atomic E-state index is 5.41. The van der Waals surface area contributed by atoms with Gasteiger partial charge in [-0.15, -0.1) is 0 Å². The van der Waals surface area contributed by atoms with E-state index in [0.29, 0.717) is 6.10 Å². The van der Waals surface area contributed by atoms with Gasteiger partial charge >= 0.3 is 0 Å². The van der Waals surface area contributed by atoms with Crippen molar-refractivity contribution in [2.45, 2.75) is 20.0 Å². The number of likely N-dealkylation sites (N-methyl/N-ethyl adjacent to an activating group) is 1. The Morgan fingerprint density at radius 1 is 1.36 bits per heavy atom. The van der Waals surface area contributed by atoms with E-state index in [1.165, 1.54) is 6.54 Å². The first-order valence-corrected chi connectivity index (χ1v) is 4.36. The highest BCUT2D eigenvalue weighted by molar-refractivity contribution is 4.84. The number of methoxy groups -OCH3 is 1. The van der Waals surface area contributed by atoms with Crippen molar-refractivity contribution in [3.63, 3.8) is 0 Å². The average molecular weight is 157 g/mol. The summed E-state index contributed by atoms with van der Waals surface area (Å²) < 4.78 is 5.41. The molecule has 0 aromatic heterocycles. The summed E-state index contributed by atoms with van der Waals surface area (Å²) >= 11 is 0. The van der Waals surface area contributed by atoms with Gasteiger partial charge in [-0.25, -0.2) is 0 Å². The van der Waals surface area contributed by atoms with Crippen LogP contribution in [-0.2, 0) is 4.74 Å². The first-order chi connectivity index (χ1) is 5.15. The van der Waals surface area contributed by atoms with Crippen LogP contribution < -0.4 is 0 Å². The molecule has 0 saturated carbocycles. The number of rotatable bonds is 2. The summed E-state index contributed by atoms with van der Waals surface area (Å²) in [5.41, 5.74) is 0. The van der Waals surface area contributed by atoms with E-state index < -0.39 is 0 Å². The molecule has 0 bridgehead atoms. The second-order valence-corrected chi connectivity index (χ2v) is 3.90. The number of hydrogen-bond donors (Lipinski definition) is 0. The molecule has 0 unspecified atom stereocenters. The second kappa shape index (κ2) is 3.55. The van der Waals surface area contributed by atoms with Crippen molar-refractivity contribution in [3.8, 4) is 0 Å². The van der Waals surface area contributed by atoms with Gasteiger partial charge in [0.2, 0.25) is 0 Å². The highest BCUT2D eigenvalue weighted by atomic mass is 16.5. The third-order valence-corrected chi connectivity index (χ3v) is 2.65.